The van der Waals surface area contributed by atoms with E-state index in [2.05, 4.69) is 10.3 Å². The first-order valence-electron chi connectivity index (χ1n) is 6.03. The van der Waals surface area contributed by atoms with Gasteiger partial charge in [0.25, 0.3) is 5.91 Å². The number of hydrogen-bond acceptors (Lipinski definition) is 3. The lowest BCUT2D eigenvalue weighted by Crippen LogP contribution is -2.22. The molecule has 1 N–H and O–H groups in total. The van der Waals surface area contributed by atoms with Crippen LogP contribution in [0, 0.1) is 6.92 Å². The molecule has 0 spiro atoms. The third-order valence-corrected chi connectivity index (χ3v) is 2.78. The molecule has 1 amide bonds. The second-order valence-corrected chi connectivity index (χ2v) is 4.26. The van der Waals surface area contributed by atoms with Crippen LogP contribution in [-0.2, 0) is 6.54 Å². The Kier molecular flexibility index (Phi) is 4.13. The second kappa shape index (κ2) is 6.00. The number of hydrogen-bond donors (Lipinski definition) is 1. The maximum Gasteiger partial charge on any atom is 0.253 e. The van der Waals surface area contributed by atoms with Crippen LogP contribution in [-0.4, -0.2) is 18.0 Å². The van der Waals surface area contributed by atoms with E-state index in [4.69, 9.17) is 4.74 Å². The number of amides is 1. The Labute approximate surface area is 112 Å². The topological polar surface area (TPSA) is 51.2 Å². The minimum atomic E-state index is -0.143. The fraction of sp³-hybridized carbons (Fsp3) is 0.200. The molecule has 19 heavy (non-hydrogen) atoms. The van der Waals surface area contributed by atoms with Gasteiger partial charge < -0.3 is 10.1 Å². The molecule has 0 unspecified atom stereocenters. The Balaban J connectivity index is 1.95. The summed E-state index contributed by atoms with van der Waals surface area (Å²) in [4.78, 5) is 15.9. The zero-order valence-corrected chi connectivity index (χ0v) is 11.0. The summed E-state index contributed by atoms with van der Waals surface area (Å²) >= 11 is 0. The Morgan fingerprint density at radius 1 is 1.21 bits per heavy atom. The molecule has 2 aromatic rings. The molecule has 98 valence electrons. The molecule has 0 radical (unpaired) electrons. The van der Waals surface area contributed by atoms with E-state index in [0.717, 1.165) is 5.56 Å². The lowest BCUT2D eigenvalue weighted by atomic mass is 10.1. The van der Waals surface area contributed by atoms with Crippen LogP contribution < -0.4 is 10.1 Å². The van der Waals surface area contributed by atoms with Crippen molar-refractivity contribution in [3.63, 3.8) is 0 Å². The van der Waals surface area contributed by atoms with Gasteiger partial charge >= 0.3 is 0 Å². The molecule has 1 aromatic carbocycles. The molecule has 0 aliphatic heterocycles. The van der Waals surface area contributed by atoms with Crippen molar-refractivity contribution in [2.75, 3.05) is 7.11 Å². The van der Waals surface area contributed by atoms with Crippen molar-refractivity contribution in [1.29, 1.82) is 0 Å². The monoisotopic (exact) mass is 256 g/mol. The Hall–Kier alpha value is -2.36. The first-order chi connectivity index (χ1) is 9.19. The molecule has 0 aliphatic rings. The maximum absolute atomic E-state index is 11.9. The first kappa shape index (κ1) is 13.1. The number of methoxy groups -OCH3 is 1. The third kappa shape index (κ3) is 3.55. The van der Waals surface area contributed by atoms with Crippen molar-refractivity contribution in [3.8, 4) is 5.88 Å². The van der Waals surface area contributed by atoms with E-state index in [1.807, 2.05) is 31.2 Å². The van der Waals surface area contributed by atoms with E-state index < -0.39 is 0 Å². The van der Waals surface area contributed by atoms with Crippen LogP contribution in [0.2, 0.25) is 0 Å². The molecule has 1 aromatic heterocycles. The van der Waals surface area contributed by atoms with Crippen LogP contribution in [0.1, 0.15) is 21.5 Å². The highest BCUT2D eigenvalue weighted by molar-refractivity contribution is 5.93. The van der Waals surface area contributed by atoms with Gasteiger partial charge in [0.1, 0.15) is 0 Å². The third-order valence-electron chi connectivity index (χ3n) is 2.78. The summed E-state index contributed by atoms with van der Waals surface area (Å²) in [6.45, 7) is 2.54. The minimum absolute atomic E-state index is 0.143. The van der Waals surface area contributed by atoms with Crippen molar-refractivity contribution in [2.24, 2.45) is 0 Å². The summed E-state index contributed by atoms with van der Waals surface area (Å²) in [7, 11) is 1.54. The van der Waals surface area contributed by atoms with Crippen LogP contribution >= 0.6 is 0 Å². The number of carbonyl (C=O) groups is 1. The van der Waals surface area contributed by atoms with E-state index in [-0.39, 0.29) is 5.91 Å². The largest absolute Gasteiger partial charge is 0.481 e. The van der Waals surface area contributed by atoms with E-state index in [0.29, 0.717) is 18.0 Å². The van der Waals surface area contributed by atoms with Gasteiger partial charge in [-0.1, -0.05) is 29.8 Å². The van der Waals surface area contributed by atoms with Gasteiger partial charge in [0, 0.05) is 18.8 Å². The predicted octanol–water partition coefficient (Wildman–Crippen LogP) is 2.33. The Bertz CT molecular complexity index is 547. The van der Waals surface area contributed by atoms with Crippen LogP contribution in [0.3, 0.4) is 0 Å². The minimum Gasteiger partial charge on any atom is -0.481 e. The fourth-order valence-corrected chi connectivity index (χ4v) is 1.63. The predicted molar refractivity (Wildman–Crippen MR) is 73.1 cm³/mol. The van der Waals surface area contributed by atoms with Gasteiger partial charge in [-0.15, -0.1) is 0 Å². The van der Waals surface area contributed by atoms with Gasteiger partial charge in [0.05, 0.1) is 12.7 Å². The SMILES string of the molecule is COc1ccc(C(=O)NCc2ccc(C)cc2)cn1. The summed E-state index contributed by atoms with van der Waals surface area (Å²) < 4.78 is 4.95. The molecule has 0 aliphatic carbocycles. The first-order valence-corrected chi connectivity index (χ1v) is 6.03. The number of nitrogens with one attached hydrogen (secondary N) is 1. The number of ether oxygens (including phenoxy) is 1. The number of rotatable bonds is 4. The maximum atomic E-state index is 11.9. The lowest BCUT2D eigenvalue weighted by Gasteiger charge is -2.06. The van der Waals surface area contributed by atoms with E-state index >= 15 is 0 Å². The smallest absolute Gasteiger partial charge is 0.253 e. The molecular formula is C15H16N2O2. The summed E-state index contributed by atoms with van der Waals surface area (Å²) in [5, 5.41) is 2.85. The summed E-state index contributed by atoms with van der Waals surface area (Å²) in [6.07, 6.45) is 1.50. The molecule has 0 saturated heterocycles. The van der Waals surface area contributed by atoms with Crippen molar-refractivity contribution in [2.45, 2.75) is 13.5 Å². The van der Waals surface area contributed by atoms with Gasteiger partial charge in [-0.2, -0.15) is 0 Å². The highest BCUT2D eigenvalue weighted by Crippen LogP contribution is 2.07. The van der Waals surface area contributed by atoms with Crippen LogP contribution in [0.15, 0.2) is 42.6 Å². The van der Waals surface area contributed by atoms with Crippen molar-refractivity contribution in [3.05, 3.63) is 59.3 Å². The molecule has 4 heteroatoms. The van der Waals surface area contributed by atoms with Crippen molar-refractivity contribution < 1.29 is 9.53 Å². The van der Waals surface area contributed by atoms with E-state index in [1.54, 1.807) is 19.2 Å². The summed E-state index contributed by atoms with van der Waals surface area (Å²) in [6, 6.07) is 11.4. The molecule has 1 heterocycles. The molecular weight excluding hydrogens is 240 g/mol. The molecule has 0 saturated carbocycles. The lowest BCUT2D eigenvalue weighted by molar-refractivity contribution is 0.0950. The summed E-state index contributed by atoms with van der Waals surface area (Å²) in [5.41, 5.74) is 2.79. The van der Waals surface area contributed by atoms with Crippen molar-refractivity contribution in [1.82, 2.24) is 10.3 Å². The fourth-order valence-electron chi connectivity index (χ4n) is 1.63. The Morgan fingerprint density at radius 3 is 2.53 bits per heavy atom. The molecule has 0 bridgehead atoms. The van der Waals surface area contributed by atoms with Gasteiger partial charge in [-0.25, -0.2) is 4.98 Å². The average Bonchev–Trinajstić information content (AvgIpc) is 2.46. The molecule has 0 atom stereocenters. The number of nitrogens with zero attached hydrogens (tertiary/aromatic N) is 1. The number of aryl methyl sites for hydroxylation is 1. The van der Waals surface area contributed by atoms with Gasteiger partial charge in [-0.3, -0.25) is 4.79 Å². The molecule has 4 nitrogen and oxygen atoms in total. The molecule has 0 fully saturated rings. The van der Waals surface area contributed by atoms with Crippen LogP contribution in [0.5, 0.6) is 5.88 Å². The number of benzene rings is 1. The van der Waals surface area contributed by atoms with Crippen molar-refractivity contribution >= 4 is 5.91 Å². The zero-order chi connectivity index (χ0) is 13.7. The highest BCUT2D eigenvalue weighted by atomic mass is 16.5. The van der Waals surface area contributed by atoms with E-state index in [1.165, 1.54) is 11.8 Å². The van der Waals surface area contributed by atoms with Gasteiger partial charge in [0.15, 0.2) is 0 Å². The standard InChI is InChI=1S/C15H16N2O2/c1-11-3-5-12(6-4-11)9-17-15(18)13-7-8-14(19-2)16-10-13/h3-8,10H,9H2,1-2H3,(H,17,18). The highest BCUT2D eigenvalue weighted by Gasteiger charge is 2.05. The second-order valence-electron chi connectivity index (χ2n) is 4.26. The normalized spacial score (nSPS) is 10.0. The number of aromatic nitrogens is 1. The average molecular weight is 256 g/mol. The number of carbonyl (C=O) groups excluding carboxylic acids is 1. The zero-order valence-electron chi connectivity index (χ0n) is 11.0. The Morgan fingerprint density at radius 2 is 1.95 bits per heavy atom. The number of pyridine rings is 1. The van der Waals surface area contributed by atoms with Crippen LogP contribution in [0.25, 0.3) is 0 Å². The quantitative estimate of drug-likeness (QED) is 0.913. The van der Waals surface area contributed by atoms with E-state index in [9.17, 15) is 4.79 Å². The van der Waals surface area contributed by atoms with Crippen LogP contribution in [0.4, 0.5) is 0 Å². The van der Waals surface area contributed by atoms with Gasteiger partial charge in [-0.05, 0) is 18.6 Å². The molecule has 2 rings (SSSR count). The summed E-state index contributed by atoms with van der Waals surface area (Å²) in [5.74, 6) is 0.353. The van der Waals surface area contributed by atoms with Gasteiger partial charge in [0.2, 0.25) is 5.88 Å².